The van der Waals surface area contributed by atoms with Gasteiger partial charge in [-0.2, -0.15) is 0 Å². The smallest absolute Gasteiger partial charge is 0.0936 e. The number of alkyl halides is 1. The van der Waals surface area contributed by atoms with Crippen LogP contribution in [0.25, 0.3) is 0 Å². The molecule has 2 aliphatic rings. The van der Waals surface area contributed by atoms with Crippen LogP contribution >= 0.6 is 31.9 Å². The molecule has 2 aliphatic heterocycles. The van der Waals surface area contributed by atoms with E-state index in [0.717, 1.165) is 17.3 Å². The molecule has 0 spiro atoms. The highest BCUT2D eigenvalue weighted by atomic mass is 79.9. The van der Waals surface area contributed by atoms with Gasteiger partial charge in [0.1, 0.15) is 0 Å². The van der Waals surface area contributed by atoms with Crippen molar-refractivity contribution < 1.29 is 9.47 Å². The van der Waals surface area contributed by atoms with Gasteiger partial charge in [-0.15, -0.1) is 0 Å². The minimum Gasteiger partial charge on any atom is -0.370 e. The van der Waals surface area contributed by atoms with Gasteiger partial charge < -0.3 is 9.47 Å². The maximum absolute atomic E-state index is 6.47. The Hall–Kier alpha value is 0.1000. The van der Waals surface area contributed by atoms with Crippen molar-refractivity contribution in [3.8, 4) is 0 Å². The number of hydrogen-bond donors (Lipinski definition) is 0. The van der Waals surface area contributed by atoms with Crippen molar-refractivity contribution in [2.45, 2.75) is 62.4 Å². The molecule has 0 aromatic heterocycles. The molecule has 116 valence electrons. The molecule has 4 heteroatoms. The monoisotopic (exact) mass is 416 g/mol. The first kappa shape index (κ1) is 16.0. The second-order valence-electron chi connectivity index (χ2n) is 6.79. The van der Waals surface area contributed by atoms with Gasteiger partial charge in [-0.1, -0.05) is 63.9 Å². The molecular formula is C17H22Br2O2. The number of rotatable bonds is 4. The highest BCUT2D eigenvalue weighted by Crippen LogP contribution is 2.57. The van der Waals surface area contributed by atoms with E-state index in [1.54, 1.807) is 0 Å². The third-order valence-electron chi connectivity index (χ3n) is 5.10. The van der Waals surface area contributed by atoms with Crippen molar-refractivity contribution in [2.24, 2.45) is 5.92 Å². The summed E-state index contributed by atoms with van der Waals surface area (Å²) in [4.78, 5) is 0.429. The average Bonchev–Trinajstić information content (AvgIpc) is 2.86. The zero-order chi connectivity index (χ0) is 15.3. The summed E-state index contributed by atoms with van der Waals surface area (Å²) in [6.07, 6.45) is 2.16. The fourth-order valence-corrected chi connectivity index (χ4v) is 5.55. The van der Waals surface area contributed by atoms with Gasteiger partial charge in [0.25, 0.3) is 0 Å². The average molecular weight is 418 g/mol. The van der Waals surface area contributed by atoms with Crippen LogP contribution in [0.2, 0.25) is 0 Å². The summed E-state index contributed by atoms with van der Waals surface area (Å²) in [5.41, 5.74) is 0.949. The maximum Gasteiger partial charge on any atom is 0.0936 e. The van der Waals surface area contributed by atoms with E-state index in [0.29, 0.717) is 17.4 Å². The summed E-state index contributed by atoms with van der Waals surface area (Å²) >= 11 is 7.42. The van der Waals surface area contributed by atoms with E-state index in [4.69, 9.17) is 9.47 Å². The van der Waals surface area contributed by atoms with Crippen LogP contribution in [0.3, 0.4) is 0 Å². The normalized spacial score (nSPS) is 38.4. The molecule has 0 saturated carbocycles. The molecule has 0 aliphatic carbocycles. The maximum atomic E-state index is 6.47. The standard InChI is InChI=1S/C17H22Br2O2/c1-11(2)17-9-15(16(3,21-17)8-14(17)19)20-10-12-6-4-5-7-13(12)18/h4-7,11,14-15H,8-10H2,1-3H3/t14-,15+,16-,17+/m0/s1. The summed E-state index contributed by atoms with van der Waals surface area (Å²) in [6.45, 7) is 7.32. The van der Waals surface area contributed by atoms with Gasteiger partial charge in [-0.3, -0.25) is 0 Å². The van der Waals surface area contributed by atoms with Crippen LogP contribution in [0.15, 0.2) is 28.7 Å². The molecule has 2 nitrogen and oxygen atoms in total. The van der Waals surface area contributed by atoms with E-state index in [1.165, 1.54) is 5.56 Å². The van der Waals surface area contributed by atoms with Gasteiger partial charge in [-0.05, 0) is 30.9 Å². The van der Waals surface area contributed by atoms with Crippen molar-refractivity contribution >= 4 is 31.9 Å². The van der Waals surface area contributed by atoms with Crippen LogP contribution in [0.5, 0.6) is 0 Å². The lowest BCUT2D eigenvalue weighted by Crippen LogP contribution is -2.44. The Morgan fingerprint density at radius 2 is 2.05 bits per heavy atom. The molecule has 2 bridgehead atoms. The highest BCUT2D eigenvalue weighted by molar-refractivity contribution is 9.10. The summed E-state index contributed by atoms with van der Waals surface area (Å²) in [6, 6.07) is 8.24. The lowest BCUT2D eigenvalue weighted by molar-refractivity contribution is -0.0956. The molecule has 0 radical (unpaired) electrons. The molecule has 0 N–H and O–H groups in total. The van der Waals surface area contributed by atoms with Crippen molar-refractivity contribution in [3.05, 3.63) is 34.3 Å². The zero-order valence-electron chi connectivity index (χ0n) is 12.7. The Kier molecular flexibility index (Phi) is 4.28. The number of ether oxygens (including phenoxy) is 2. The quantitative estimate of drug-likeness (QED) is 0.636. The first-order chi connectivity index (χ1) is 9.87. The number of fused-ring (bicyclic) bond motifs is 2. The van der Waals surface area contributed by atoms with E-state index in [9.17, 15) is 0 Å². The minimum absolute atomic E-state index is 0.0761. The van der Waals surface area contributed by atoms with Crippen LogP contribution in [0, 0.1) is 5.92 Å². The topological polar surface area (TPSA) is 18.5 Å². The fraction of sp³-hybridized carbons (Fsp3) is 0.647. The fourth-order valence-electron chi connectivity index (χ4n) is 3.70. The highest BCUT2D eigenvalue weighted by Gasteiger charge is 2.65. The summed E-state index contributed by atoms with van der Waals surface area (Å²) in [5, 5.41) is 0. The molecule has 2 fully saturated rings. The third kappa shape index (κ3) is 2.62. The van der Waals surface area contributed by atoms with Crippen molar-refractivity contribution in [3.63, 3.8) is 0 Å². The lowest BCUT2D eigenvalue weighted by Gasteiger charge is -2.35. The molecule has 2 saturated heterocycles. The van der Waals surface area contributed by atoms with Gasteiger partial charge in [0.05, 0.1) is 23.9 Å². The Bertz CT molecular complexity index is 533. The van der Waals surface area contributed by atoms with Gasteiger partial charge in [0.15, 0.2) is 0 Å². The van der Waals surface area contributed by atoms with Crippen LogP contribution < -0.4 is 0 Å². The Morgan fingerprint density at radius 1 is 1.33 bits per heavy atom. The van der Waals surface area contributed by atoms with Crippen LogP contribution in [-0.2, 0) is 16.1 Å². The molecular weight excluding hydrogens is 396 g/mol. The number of benzene rings is 1. The first-order valence-electron chi connectivity index (χ1n) is 7.57. The Balaban J connectivity index is 1.73. The Labute approximate surface area is 143 Å². The van der Waals surface area contributed by atoms with Crippen molar-refractivity contribution in [1.29, 1.82) is 0 Å². The predicted octanol–water partition coefficient (Wildman–Crippen LogP) is 5.08. The molecule has 2 heterocycles. The molecule has 3 rings (SSSR count). The van der Waals surface area contributed by atoms with Gasteiger partial charge in [0.2, 0.25) is 0 Å². The predicted molar refractivity (Wildman–Crippen MR) is 91.7 cm³/mol. The van der Waals surface area contributed by atoms with Gasteiger partial charge in [0, 0.05) is 15.7 Å². The zero-order valence-corrected chi connectivity index (χ0v) is 15.9. The summed E-state index contributed by atoms with van der Waals surface area (Å²) in [5.74, 6) is 0.487. The molecule has 21 heavy (non-hydrogen) atoms. The second-order valence-corrected chi connectivity index (χ2v) is 8.75. The number of hydrogen-bond acceptors (Lipinski definition) is 2. The van der Waals surface area contributed by atoms with Crippen molar-refractivity contribution in [2.75, 3.05) is 0 Å². The minimum atomic E-state index is -0.167. The summed E-state index contributed by atoms with van der Waals surface area (Å²) < 4.78 is 13.8. The van der Waals surface area contributed by atoms with E-state index < -0.39 is 0 Å². The van der Waals surface area contributed by atoms with E-state index in [-0.39, 0.29) is 17.3 Å². The van der Waals surface area contributed by atoms with Gasteiger partial charge >= 0.3 is 0 Å². The van der Waals surface area contributed by atoms with Crippen LogP contribution in [0.4, 0.5) is 0 Å². The lowest BCUT2D eigenvalue weighted by atomic mass is 9.75. The Morgan fingerprint density at radius 3 is 2.67 bits per heavy atom. The van der Waals surface area contributed by atoms with Crippen LogP contribution in [-0.4, -0.2) is 22.1 Å². The van der Waals surface area contributed by atoms with Gasteiger partial charge in [-0.25, -0.2) is 0 Å². The largest absolute Gasteiger partial charge is 0.370 e. The molecule has 0 amide bonds. The second kappa shape index (κ2) is 5.63. The van der Waals surface area contributed by atoms with Crippen molar-refractivity contribution in [1.82, 2.24) is 0 Å². The first-order valence-corrected chi connectivity index (χ1v) is 9.27. The molecule has 1 aromatic carbocycles. The molecule has 1 aromatic rings. The SMILES string of the molecule is CC(C)[C@]12C[C@@H](OCc3ccccc3Br)[C@](C)(C[C@@H]1Br)O2. The van der Waals surface area contributed by atoms with E-state index in [1.807, 2.05) is 12.1 Å². The third-order valence-corrected chi connectivity index (χ3v) is 6.97. The van der Waals surface area contributed by atoms with E-state index >= 15 is 0 Å². The molecule has 0 unspecified atom stereocenters. The summed E-state index contributed by atoms with van der Waals surface area (Å²) in [7, 11) is 0. The van der Waals surface area contributed by atoms with E-state index in [2.05, 4.69) is 64.8 Å². The molecule has 4 atom stereocenters. The van der Waals surface area contributed by atoms with Crippen LogP contribution in [0.1, 0.15) is 39.2 Å². The number of halogens is 2.